The number of carbonyl (C=O) groups excluding carboxylic acids is 1. The highest BCUT2D eigenvalue weighted by Gasteiger charge is 2.23. The third kappa shape index (κ3) is 13.3. The molecule has 1 heterocycles. The lowest BCUT2D eigenvalue weighted by atomic mass is 10.0. The van der Waals surface area contributed by atoms with Crippen LogP contribution in [0, 0.1) is 0 Å². The van der Waals surface area contributed by atoms with Gasteiger partial charge in [-0.05, 0) is 42.8 Å². The van der Waals surface area contributed by atoms with Gasteiger partial charge in [-0.2, -0.15) is 8.42 Å². The van der Waals surface area contributed by atoms with Gasteiger partial charge in [0.15, 0.2) is 11.5 Å². The molecular formula is C40H50ClN5O9S. The fourth-order valence-corrected chi connectivity index (χ4v) is 6.92. The lowest BCUT2D eigenvalue weighted by Gasteiger charge is -2.11. The number of ether oxygens (including phenoxy) is 1. The summed E-state index contributed by atoms with van der Waals surface area (Å²) < 4.78 is 41.4. The maximum atomic E-state index is 13.8. The van der Waals surface area contributed by atoms with Crippen molar-refractivity contribution in [1.82, 2.24) is 9.78 Å². The number of para-hydroxylation sites is 1. The van der Waals surface area contributed by atoms with Crippen molar-refractivity contribution in [3.05, 3.63) is 81.6 Å². The number of halogens is 1. The number of phenols is 1. The molecule has 0 fully saturated rings. The van der Waals surface area contributed by atoms with Gasteiger partial charge in [0.25, 0.3) is 10.1 Å². The Morgan fingerprint density at radius 3 is 2.00 bits per heavy atom. The first-order chi connectivity index (χ1) is 26.9. The molecule has 0 saturated carbocycles. The Bertz CT molecular complexity index is 2120. The van der Waals surface area contributed by atoms with Crippen LogP contribution in [0.4, 0.5) is 17.2 Å². The summed E-state index contributed by atoms with van der Waals surface area (Å²) in [7, 11) is -4.86. The molecular weight excluding hydrogens is 762 g/mol. The average Bonchev–Trinajstić information content (AvgIpc) is 3.46. The first kappa shape index (κ1) is 43.7. The van der Waals surface area contributed by atoms with Crippen molar-refractivity contribution in [3.8, 4) is 22.9 Å². The molecule has 5 N–H and O–H groups in total. The second-order valence-corrected chi connectivity index (χ2v) is 15.4. The van der Waals surface area contributed by atoms with Crippen LogP contribution in [-0.2, 0) is 14.9 Å². The molecule has 14 nitrogen and oxygen atoms in total. The number of rotatable bonds is 24. The normalized spacial score (nSPS) is 11.6. The van der Waals surface area contributed by atoms with Crippen LogP contribution in [0.25, 0.3) is 5.69 Å². The van der Waals surface area contributed by atoms with E-state index in [2.05, 4.69) is 27.6 Å². The third-order valence-corrected chi connectivity index (χ3v) is 10.3. The number of carboxylic acid groups (broad SMARTS) is 1. The molecule has 0 aliphatic heterocycles. The Kier molecular flexibility index (Phi) is 17.1. The van der Waals surface area contributed by atoms with Crippen molar-refractivity contribution >= 4 is 50.8 Å². The zero-order chi connectivity index (χ0) is 40.5. The molecule has 0 saturated heterocycles. The molecule has 56 heavy (non-hydrogen) atoms. The topological polar surface area (TPSA) is 213 Å². The van der Waals surface area contributed by atoms with E-state index in [4.69, 9.17) is 16.3 Å². The van der Waals surface area contributed by atoms with Gasteiger partial charge in [0.1, 0.15) is 33.4 Å². The van der Waals surface area contributed by atoms with Gasteiger partial charge < -0.3 is 20.3 Å². The van der Waals surface area contributed by atoms with E-state index in [1.54, 1.807) is 30.3 Å². The fraction of sp³-hybridized carbons (Fsp3) is 0.425. The second-order valence-electron chi connectivity index (χ2n) is 13.6. The molecule has 4 rings (SSSR count). The van der Waals surface area contributed by atoms with Crippen molar-refractivity contribution in [2.45, 2.75) is 115 Å². The second kappa shape index (κ2) is 21.9. The molecule has 3 aromatic carbocycles. The Morgan fingerprint density at radius 2 is 1.43 bits per heavy atom. The van der Waals surface area contributed by atoms with E-state index in [1.165, 1.54) is 76.3 Å². The summed E-state index contributed by atoms with van der Waals surface area (Å²) in [5.41, 5.74) is -2.09. The van der Waals surface area contributed by atoms with Crippen LogP contribution in [0.15, 0.2) is 80.6 Å². The quantitative estimate of drug-likeness (QED) is 0.0258. The number of aromatic hydroxyl groups is 1. The summed E-state index contributed by atoms with van der Waals surface area (Å²) >= 11 is 6.16. The Morgan fingerprint density at radius 1 is 0.839 bits per heavy atom. The third-order valence-electron chi connectivity index (χ3n) is 9.13. The van der Waals surface area contributed by atoms with E-state index in [-0.39, 0.29) is 34.4 Å². The number of carbonyl (C=O) groups is 2. The Labute approximate surface area is 331 Å². The number of aromatic amines is 1. The first-order valence-corrected chi connectivity index (χ1v) is 20.9. The molecule has 0 aliphatic carbocycles. The summed E-state index contributed by atoms with van der Waals surface area (Å²) in [6.07, 6.45) is 17.8. The van der Waals surface area contributed by atoms with Crippen molar-refractivity contribution < 1.29 is 37.5 Å². The number of carboxylic acids is 1. The van der Waals surface area contributed by atoms with Crippen molar-refractivity contribution in [2.75, 3.05) is 5.32 Å². The summed E-state index contributed by atoms with van der Waals surface area (Å²) in [6.45, 7) is 2.23. The zero-order valence-electron chi connectivity index (χ0n) is 31.5. The number of unbranched alkanes of at least 4 members (excludes halogenated alkanes) is 14. The number of hydrogen-bond acceptors (Lipinski definition) is 9. The number of anilines is 1. The minimum absolute atomic E-state index is 0.0711. The molecule has 0 radical (unpaired) electrons. The predicted octanol–water partition coefficient (Wildman–Crippen LogP) is 10.9. The van der Waals surface area contributed by atoms with Gasteiger partial charge in [-0.1, -0.05) is 127 Å². The maximum Gasteiger partial charge on any atom is 0.339 e. The highest BCUT2D eigenvalue weighted by molar-refractivity contribution is 7.86. The van der Waals surface area contributed by atoms with E-state index in [0.29, 0.717) is 12.2 Å². The number of benzene rings is 3. The van der Waals surface area contributed by atoms with Gasteiger partial charge in [0.2, 0.25) is 5.91 Å². The van der Waals surface area contributed by atoms with Crippen molar-refractivity contribution in [2.24, 2.45) is 10.2 Å². The largest absolute Gasteiger partial charge is 0.507 e. The van der Waals surface area contributed by atoms with Gasteiger partial charge in [0.05, 0.1) is 10.7 Å². The maximum absolute atomic E-state index is 13.8. The number of nitrogens with one attached hydrogen (secondary N) is 2. The number of hydrogen-bond donors (Lipinski definition) is 5. The summed E-state index contributed by atoms with van der Waals surface area (Å²) in [4.78, 5) is 37.8. The van der Waals surface area contributed by atoms with E-state index in [9.17, 15) is 37.6 Å². The van der Waals surface area contributed by atoms with E-state index < -0.39 is 49.4 Å². The number of nitrogens with zero attached hydrogens (tertiary/aromatic N) is 3. The molecule has 16 heteroatoms. The summed E-state index contributed by atoms with van der Waals surface area (Å²) in [6, 6.07) is 13.8. The first-order valence-electron chi connectivity index (χ1n) is 19.1. The van der Waals surface area contributed by atoms with Crippen molar-refractivity contribution in [1.29, 1.82) is 0 Å². The molecule has 1 amide bonds. The molecule has 0 bridgehead atoms. The highest BCUT2D eigenvalue weighted by Crippen LogP contribution is 2.35. The average molecular weight is 812 g/mol. The van der Waals surface area contributed by atoms with Gasteiger partial charge >= 0.3 is 11.5 Å². The van der Waals surface area contributed by atoms with Crippen LogP contribution in [0.2, 0.25) is 5.02 Å². The predicted molar refractivity (Wildman–Crippen MR) is 215 cm³/mol. The SMILES string of the molecule is CCCCCCCCCCCCCCCCCC(=O)Nc1[nH]n(-c2ccc(Oc3ccccc3)c(S(=O)(=O)O)c2)c(=O)c1N=Nc1cc(C(=O)O)c(O)cc1Cl. The molecule has 1 aromatic heterocycles. The lowest BCUT2D eigenvalue weighted by molar-refractivity contribution is -0.116. The number of aromatic carboxylic acids is 1. The van der Waals surface area contributed by atoms with Gasteiger partial charge in [-0.15, -0.1) is 10.2 Å². The monoisotopic (exact) mass is 811 g/mol. The summed E-state index contributed by atoms with van der Waals surface area (Å²) in [5, 5.41) is 32.5. The standard InChI is InChI=1S/C40H50ClN5O9S/c1-2-3-4-5-6-7-8-9-10-11-12-13-14-15-19-22-36(48)42-38-37(44-43-32-26-30(40(50)51)33(47)27-31(32)41)39(49)46(45-38)28-23-24-34(35(25-28)56(52,53)54)55-29-20-17-16-18-21-29/h16-18,20-21,23-27,45,47H,2-15,19,22H2,1H3,(H,42,48)(H,50,51)(H,52,53,54). The van der Waals surface area contributed by atoms with Gasteiger partial charge in [-0.3, -0.25) is 19.2 Å². The Hall–Kier alpha value is -4.99. The Balaban J connectivity index is 1.46. The van der Waals surface area contributed by atoms with Crippen LogP contribution in [0.3, 0.4) is 0 Å². The van der Waals surface area contributed by atoms with Crippen LogP contribution in [-0.4, -0.2) is 44.8 Å². The molecule has 0 unspecified atom stereocenters. The van der Waals surface area contributed by atoms with Crippen LogP contribution in [0.5, 0.6) is 17.2 Å². The molecule has 4 aromatic rings. The number of aromatic nitrogens is 2. The van der Waals surface area contributed by atoms with Crippen LogP contribution < -0.4 is 15.6 Å². The van der Waals surface area contributed by atoms with E-state index in [0.717, 1.165) is 48.6 Å². The zero-order valence-corrected chi connectivity index (χ0v) is 33.1. The number of amides is 1. The minimum atomic E-state index is -4.86. The molecule has 0 spiro atoms. The molecule has 0 aliphatic rings. The molecule has 302 valence electrons. The van der Waals surface area contributed by atoms with Gasteiger partial charge in [0, 0.05) is 12.5 Å². The molecule has 0 atom stereocenters. The summed E-state index contributed by atoms with van der Waals surface area (Å²) in [5.74, 6) is -2.59. The number of H-pyrrole nitrogens is 1. The van der Waals surface area contributed by atoms with E-state index >= 15 is 0 Å². The van der Waals surface area contributed by atoms with Crippen molar-refractivity contribution in [3.63, 3.8) is 0 Å². The highest BCUT2D eigenvalue weighted by atomic mass is 35.5. The smallest absolute Gasteiger partial charge is 0.339 e. The minimum Gasteiger partial charge on any atom is -0.507 e. The van der Waals surface area contributed by atoms with Crippen LogP contribution in [0.1, 0.15) is 120 Å². The van der Waals surface area contributed by atoms with Gasteiger partial charge in [-0.25, -0.2) is 9.48 Å². The van der Waals surface area contributed by atoms with Crippen LogP contribution >= 0.6 is 11.6 Å². The lowest BCUT2D eigenvalue weighted by Crippen LogP contribution is -2.15. The number of azo groups is 1. The van der Waals surface area contributed by atoms with E-state index in [1.807, 2.05) is 0 Å². The fourth-order valence-electron chi connectivity index (χ4n) is 6.09.